The maximum absolute atomic E-state index is 11.5. The number of piperidine rings is 1. The highest BCUT2D eigenvalue weighted by molar-refractivity contribution is 5.89. The molecular formula is C15H21N3O. The number of carbonyl (C=O) groups excluding carboxylic acids is 1. The highest BCUT2D eigenvalue weighted by Crippen LogP contribution is 2.21. The first-order valence-corrected chi connectivity index (χ1v) is 6.80. The van der Waals surface area contributed by atoms with Crippen molar-refractivity contribution in [2.24, 2.45) is 0 Å². The molecule has 0 aromatic heterocycles. The normalized spacial score (nSPS) is 14.8. The largest absolute Gasteiger partial charge is 0.372 e. The molecule has 1 aliphatic heterocycles. The highest BCUT2D eigenvalue weighted by Gasteiger charge is 2.10. The monoisotopic (exact) mass is 259 g/mol. The summed E-state index contributed by atoms with van der Waals surface area (Å²) >= 11 is 0. The maximum Gasteiger partial charge on any atom is 0.319 e. The molecule has 0 unspecified atom stereocenters. The number of hydrogen-bond acceptors (Lipinski definition) is 2. The molecule has 1 fully saturated rings. The summed E-state index contributed by atoms with van der Waals surface area (Å²) in [7, 11) is 0. The zero-order valence-corrected chi connectivity index (χ0v) is 11.2. The second-order valence-corrected chi connectivity index (χ2v) is 4.72. The fraction of sp³-hybridized carbons (Fsp3) is 0.400. The molecule has 4 nitrogen and oxygen atoms in total. The van der Waals surface area contributed by atoms with Crippen molar-refractivity contribution >= 4 is 17.4 Å². The van der Waals surface area contributed by atoms with Gasteiger partial charge in [0.1, 0.15) is 0 Å². The van der Waals surface area contributed by atoms with Gasteiger partial charge in [0, 0.05) is 31.0 Å². The summed E-state index contributed by atoms with van der Waals surface area (Å²) in [6.07, 6.45) is 5.52. The predicted molar refractivity (Wildman–Crippen MR) is 79.7 cm³/mol. The number of hydrogen-bond donors (Lipinski definition) is 2. The molecule has 1 saturated heterocycles. The SMILES string of the molecule is C=CCNC(=O)Nc1ccc(N2CCCCC2)cc1. The van der Waals surface area contributed by atoms with Crippen LogP contribution >= 0.6 is 0 Å². The van der Waals surface area contributed by atoms with Gasteiger partial charge < -0.3 is 15.5 Å². The van der Waals surface area contributed by atoms with Gasteiger partial charge in [-0.1, -0.05) is 6.08 Å². The second-order valence-electron chi connectivity index (χ2n) is 4.72. The van der Waals surface area contributed by atoms with Crippen molar-refractivity contribution in [2.45, 2.75) is 19.3 Å². The van der Waals surface area contributed by atoms with Gasteiger partial charge in [-0.15, -0.1) is 6.58 Å². The lowest BCUT2D eigenvalue weighted by Crippen LogP contribution is -2.29. The zero-order chi connectivity index (χ0) is 13.5. The van der Waals surface area contributed by atoms with Crippen molar-refractivity contribution in [2.75, 3.05) is 29.9 Å². The summed E-state index contributed by atoms with van der Waals surface area (Å²) < 4.78 is 0. The molecule has 0 atom stereocenters. The molecule has 0 saturated carbocycles. The molecule has 1 aromatic carbocycles. The fourth-order valence-electron chi connectivity index (χ4n) is 2.25. The third kappa shape index (κ3) is 4.02. The molecule has 102 valence electrons. The van der Waals surface area contributed by atoms with E-state index in [4.69, 9.17) is 0 Å². The minimum Gasteiger partial charge on any atom is -0.372 e. The molecule has 0 radical (unpaired) electrons. The lowest BCUT2D eigenvalue weighted by molar-refractivity contribution is 0.253. The van der Waals surface area contributed by atoms with Crippen LogP contribution in [-0.4, -0.2) is 25.7 Å². The summed E-state index contributed by atoms with van der Waals surface area (Å²) in [5.74, 6) is 0. The summed E-state index contributed by atoms with van der Waals surface area (Å²) in [5, 5.41) is 5.47. The number of rotatable bonds is 4. The molecule has 1 aliphatic rings. The van der Waals surface area contributed by atoms with Crippen LogP contribution in [0, 0.1) is 0 Å². The molecule has 19 heavy (non-hydrogen) atoms. The van der Waals surface area contributed by atoms with Crippen LogP contribution in [0.15, 0.2) is 36.9 Å². The van der Waals surface area contributed by atoms with Crippen LogP contribution < -0.4 is 15.5 Å². The minimum absolute atomic E-state index is 0.203. The summed E-state index contributed by atoms with van der Waals surface area (Å²) in [4.78, 5) is 13.9. The van der Waals surface area contributed by atoms with E-state index in [9.17, 15) is 4.79 Å². The standard InChI is InChI=1S/C15H21N3O/c1-2-10-16-15(19)17-13-6-8-14(9-7-13)18-11-4-3-5-12-18/h2,6-9H,1,3-5,10-12H2,(H2,16,17,19). The Balaban J connectivity index is 1.90. The van der Waals surface area contributed by atoms with Gasteiger partial charge in [0.2, 0.25) is 0 Å². The molecule has 0 bridgehead atoms. The van der Waals surface area contributed by atoms with Gasteiger partial charge in [-0.05, 0) is 43.5 Å². The molecule has 2 N–H and O–H groups in total. The fourth-order valence-corrected chi connectivity index (χ4v) is 2.25. The number of urea groups is 1. The average Bonchev–Trinajstić information content (AvgIpc) is 2.47. The average molecular weight is 259 g/mol. The van der Waals surface area contributed by atoms with E-state index < -0.39 is 0 Å². The van der Waals surface area contributed by atoms with E-state index in [1.54, 1.807) is 6.08 Å². The lowest BCUT2D eigenvalue weighted by Gasteiger charge is -2.28. The lowest BCUT2D eigenvalue weighted by atomic mass is 10.1. The Morgan fingerprint density at radius 1 is 1.21 bits per heavy atom. The summed E-state index contributed by atoms with van der Waals surface area (Å²) in [6.45, 7) is 6.29. The zero-order valence-electron chi connectivity index (χ0n) is 11.2. The number of benzene rings is 1. The molecule has 4 heteroatoms. The van der Waals surface area contributed by atoms with Crippen LogP contribution in [-0.2, 0) is 0 Å². The van der Waals surface area contributed by atoms with E-state index >= 15 is 0 Å². The van der Waals surface area contributed by atoms with Gasteiger partial charge in [-0.3, -0.25) is 0 Å². The molecule has 0 aliphatic carbocycles. The maximum atomic E-state index is 11.5. The van der Waals surface area contributed by atoms with Gasteiger partial charge in [-0.25, -0.2) is 4.79 Å². The number of nitrogens with one attached hydrogen (secondary N) is 2. The van der Waals surface area contributed by atoms with Gasteiger partial charge >= 0.3 is 6.03 Å². The molecule has 0 spiro atoms. The molecule has 1 heterocycles. The van der Waals surface area contributed by atoms with Gasteiger partial charge in [-0.2, -0.15) is 0 Å². The molecule has 1 aromatic rings. The first-order valence-electron chi connectivity index (χ1n) is 6.80. The summed E-state index contributed by atoms with van der Waals surface area (Å²) in [6, 6.07) is 7.81. The second kappa shape index (κ2) is 6.83. The van der Waals surface area contributed by atoms with Crippen LogP contribution in [0.3, 0.4) is 0 Å². The van der Waals surface area contributed by atoms with E-state index in [1.165, 1.54) is 24.9 Å². The predicted octanol–water partition coefficient (Wildman–Crippen LogP) is 2.98. The Hall–Kier alpha value is -1.97. The summed E-state index contributed by atoms with van der Waals surface area (Å²) in [5.41, 5.74) is 2.04. The van der Waals surface area contributed by atoms with Crippen LogP contribution in [0.5, 0.6) is 0 Å². The van der Waals surface area contributed by atoms with E-state index in [1.807, 2.05) is 12.1 Å². The van der Waals surface area contributed by atoms with E-state index in [-0.39, 0.29) is 6.03 Å². The van der Waals surface area contributed by atoms with Crippen molar-refractivity contribution in [3.05, 3.63) is 36.9 Å². The third-order valence-corrected chi connectivity index (χ3v) is 3.25. The Labute approximate surface area is 114 Å². The Kier molecular flexibility index (Phi) is 4.84. The number of anilines is 2. The minimum atomic E-state index is -0.203. The molecule has 2 amide bonds. The van der Waals surface area contributed by atoms with Crippen LogP contribution in [0.25, 0.3) is 0 Å². The third-order valence-electron chi connectivity index (χ3n) is 3.25. The number of nitrogens with zero attached hydrogens (tertiary/aromatic N) is 1. The highest BCUT2D eigenvalue weighted by atomic mass is 16.2. The van der Waals surface area contributed by atoms with Crippen LogP contribution in [0.4, 0.5) is 16.2 Å². The van der Waals surface area contributed by atoms with Crippen LogP contribution in [0.1, 0.15) is 19.3 Å². The first kappa shape index (κ1) is 13.5. The van der Waals surface area contributed by atoms with Gasteiger partial charge in [0.25, 0.3) is 0 Å². The quantitative estimate of drug-likeness (QED) is 0.816. The number of carbonyl (C=O) groups is 1. The smallest absolute Gasteiger partial charge is 0.319 e. The Morgan fingerprint density at radius 3 is 2.53 bits per heavy atom. The van der Waals surface area contributed by atoms with E-state index in [2.05, 4.69) is 34.2 Å². The Bertz CT molecular complexity index is 422. The van der Waals surface area contributed by atoms with Crippen molar-refractivity contribution in [1.82, 2.24) is 5.32 Å². The molecular weight excluding hydrogens is 238 g/mol. The van der Waals surface area contributed by atoms with Crippen molar-refractivity contribution < 1.29 is 4.79 Å². The van der Waals surface area contributed by atoms with Gasteiger partial charge in [0.15, 0.2) is 0 Å². The Morgan fingerprint density at radius 2 is 1.89 bits per heavy atom. The van der Waals surface area contributed by atoms with E-state index in [0.717, 1.165) is 18.8 Å². The first-order chi connectivity index (χ1) is 9.29. The van der Waals surface area contributed by atoms with E-state index in [0.29, 0.717) is 6.54 Å². The molecule has 2 rings (SSSR count). The number of amides is 2. The topological polar surface area (TPSA) is 44.4 Å². The van der Waals surface area contributed by atoms with Gasteiger partial charge in [0.05, 0.1) is 0 Å². The van der Waals surface area contributed by atoms with Crippen LogP contribution in [0.2, 0.25) is 0 Å². The van der Waals surface area contributed by atoms with Crippen molar-refractivity contribution in [3.63, 3.8) is 0 Å². The van der Waals surface area contributed by atoms with Crippen molar-refractivity contribution in [1.29, 1.82) is 0 Å². The van der Waals surface area contributed by atoms with Crippen molar-refractivity contribution in [3.8, 4) is 0 Å².